The molecule has 1 aromatic heterocycles. The van der Waals surface area contributed by atoms with Gasteiger partial charge < -0.3 is 34.7 Å². The maximum absolute atomic E-state index is 11.7. The average Bonchev–Trinajstić information content (AvgIpc) is 2.70. The second kappa shape index (κ2) is 17.6. The van der Waals surface area contributed by atoms with Crippen LogP contribution in [-0.2, 0) is 28.5 Å². The number of aromatic nitrogens is 1. The Balaban J connectivity index is 1.80. The molecule has 0 unspecified atom stereocenters. The molecule has 0 bridgehead atoms. The first kappa shape index (κ1) is 24.6. The molecule has 162 valence electrons. The van der Waals surface area contributed by atoms with Crippen LogP contribution in [-0.4, -0.2) is 83.5 Å². The molecular formula is C17H28N6O6. The molecule has 0 fully saturated rings. The monoisotopic (exact) mass is 412 g/mol. The largest absolute Gasteiger partial charge is 0.384 e. The van der Waals surface area contributed by atoms with Crippen molar-refractivity contribution in [3.8, 4) is 0 Å². The fraction of sp³-hybridized carbons (Fsp3) is 0.647. The van der Waals surface area contributed by atoms with E-state index in [4.69, 9.17) is 34.9 Å². The molecule has 12 nitrogen and oxygen atoms in total. The van der Waals surface area contributed by atoms with Crippen LogP contribution < -0.4 is 11.1 Å². The summed E-state index contributed by atoms with van der Waals surface area (Å²) in [5, 5.41) is 5.93. The van der Waals surface area contributed by atoms with E-state index in [1.54, 1.807) is 18.2 Å². The van der Waals surface area contributed by atoms with Crippen molar-refractivity contribution < 1.29 is 28.5 Å². The van der Waals surface area contributed by atoms with E-state index >= 15 is 0 Å². The second-order valence-electron chi connectivity index (χ2n) is 5.45. The lowest BCUT2D eigenvalue weighted by molar-refractivity contribution is -0.121. The molecule has 0 aliphatic rings. The molecule has 0 saturated heterocycles. The van der Waals surface area contributed by atoms with Crippen molar-refractivity contribution in [3.63, 3.8) is 0 Å². The Hall–Kier alpha value is -2.47. The Morgan fingerprint density at radius 1 is 0.966 bits per heavy atom. The molecule has 1 amide bonds. The van der Waals surface area contributed by atoms with Crippen LogP contribution in [0.15, 0.2) is 23.3 Å². The predicted molar refractivity (Wildman–Crippen MR) is 105 cm³/mol. The lowest BCUT2D eigenvalue weighted by Crippen LogP contribution is -2.20. The Morgan fingerprint density at radius 2 is 1.52 bits per heavy atom. The van der Waals surface area contributed by atoms with Crippen LogP contribution in [0.4, 0.5) is 11.6 Å². The summed E-state index contributed by atoms with van der Waals surface area (Å²) in [5.41, 5.74) is 13.6. The number of amides is 1. The number of carbonyl (C=O) groups excluding carboxylic acids is 1. The minimum atomic E-state index is -0.312. The highest BCUT2D eigenvalue weighted by Crippen LogP contribution is 2.05. The van der Waals surface area contributed by atoms with E-state index in [0.29, 0.717) is 77.6 Å². The molecule has 1 rings (SSSR count). The van der Waals surface area contributed by atoms with Gasteiger partial charge in [-0.25, -0.2) is 4.98 Å². The maximum Gasteiger partial charge on any atom is 0.251 e. The Labute approximate surface area is 169 Å². The van der Waals surface area contributed by atoms with Gasteiger partial charge in [0.15, 0.2) is 0 Å². The highest BCUT2D eigenvalue weighted by Gasteiger charge is 2.03. The molecule has 0 saturated carbocycles. The lowest BCUT2D eigenvalue weighted by Gasteiger charge is -2.08. The number of nitrogens with zero attached hydrogens (tertiary/aromatic N) is 4. The first-order valence-electron chi connectivity index (χ1n) is 9.14. The van der Waals surface area contributed by atoms with Crippen LogP contribution in [0.3, 0.4) is 0 Å². The van der Waals surface area contributed by atoms with Crippen molar-refractivity contribution in [3.05, 3.63) is 28.6 Å². The van der Waals surface area contributed by atoms with Crippen molar-refractivity contribution in [2.75, 3.05) is 83.7 Å². The van der Waals surface area contributed by atoms with Gasteiger partial charge in [-0.05, 0) is 17.7 Å². The van der Waals surface area contributed by atoms with Crippen molar-refractivity contribution in [1.29, 1.82) is 0 Å². The third-order valence-electron chi connectivity index (χ3n) is 3.16. The van der Waals surface area contributed by atoms with Gasteiger partial charge in [0.1, 0.15) is 18.2 Å². The Morgan fingerprint density at radius 3 is 2.07 bits per heavy atom. The molecule has 0 atom stereocenters. The van der Waals surface area contributed by atoms with E-state index in [1.807, 2.05) is 0 Å². The quantitative estimate of drug-likeness (QED) is 0.156. The average molecular weight is 412 g/mol. The Kier molecular flexibility index (Phi) is 14.9. The summed E-state index contributed by atoms with van der Waals surface area (Å²) >= 11 is 0. The number of azide groups is 1. The van der Waals surface area contributed by atoms with Crippen LogP contribution in [0.1, 0.15) is 0 Å². The third kappa shape index (κ3) is 15.2. The maximum atomic E-state index is 11.7. The van der Waals surface area contributed by atoms with Crippen molar-refractivity contribution in [2.24, 2.45) is 5.11 Å². The third-order valence-corrected chi connectivity index (χ3v) is 3.16. The molecule has 0 radical (unpaired) electrons. The first-order valence-corrected chi connectivity index (χ1v) is 9.14. The van der Waals surface area contributed by atoms with Gasteiger partial charge in [-0.3, -0.25) is 4.79 Å². The van der Waals surface area contributed by atoms with E-state index in [-0.39, 0.29) is 12.5 Å². The smallest absolute Gasteiger partial charge is 0.251 e. The first-order chi connectivity index (χ1) is 14.2. The summed E-state index contributed by atoms with van der Waals surface area (Å²) in [6.07, 6.45) is 0. The molecule has 29 heavy (non-hydrogen) atoms. The number of hydrogen-bond donors (Lipinski definition) is 2. The topological polar surface area (TPSA) is 163 Å². The van der Waals surface area contributed by atoms with Gasteiger partial charge in [-0.1, -0.05) is 11.2 Å². The lowest BCUT2D eigenvalue weighted by atomic mass is 10.4. The summed E-state index contributed by atoms with van der Waals surface area (Å²) in [6.45, 7) is 3.93. The van der Waals surface area contributed by atoms with Crippen LogP contribution in [0.2, 0.25) is 0 Å². The zero-order valence-electron chi connectivity index (χ0n) is 16.3. The van der Waals surface area contributed by atoms with Gasteiger partial charge >= 0.3 is 0 Å². The normalized spacial score (nSPS) is 10.5. The minimum absolute atomic E-state index is 0.0943. The number of anilines is 2. The zero-order valence-corrected chi connectivity index (χ0v) is 16.3. The van der Waals surface area contributed by atoms with Crippen LogP contribution in [0.5, 0.6) is 0 Å². The highest BCUT2D eigenvalue weighted by atomic mass is 16.6. The molecule has 1 heterocycles. The minimum Gasteiger partial charge on any atom is -0.384 e. The van der Waals surface area contributed by atoms with Crippen molar-refractivity contribution >= 4 is 17.5 Å². The number of nitrogens with one attached hydrogen (secondary N) is 1. The molecule has 0 aliphatic carbocycles. The number of nitrogen functional groups attached to an aromatic ring is 1. The van der Waals surface area contributed by atoms with E-state index in [2.05, 4.69) is 20.3 Å². The van der Waals surface area contributed by atoms with E-state index in [9.17, 15) is 4.79 Å². The number of carbonyl (C=O) groups is 1. The van der Waals surface area contributed by atoms with Crippen molar-refractivity contribution in [1.82, 2.24) is 4.98 Å². The van der Waals surface area contributed by atoms with Crippen LogP contribution in [0.25, 0.3) is 10.4 Å². The van der Waals surface area contributed by atoms with Gasteiger partial charge in [-0.15, -0.1) is 0 Å². The highest BCUT2D eigenvalue weighted by molar-refractivity contribution is 5.90. The predicted octanol–water partition coefficient (Wildman–Crippen LogP) is 0.996. The van der Waals surface area contributed by atoms with Gasteiger partial charge in [-0.2, -0.15) is 0 Å². The molecule has 1 aromatic rings. The second-order valence-corrected chi connectivity index (χ2v) is 5.45. The molecular weight excluding hydrogens is 384 g/mol. The summed E-state index contributed by atoms with van der Waals surface area (Å²) < 4.78 is 26.4. The molecule has 0 aromatic carbocycles. The molecule has 0 spiro atoms. The van der Waals surface area contributed by atoms with E-state index in [0.717, 1.165) is 0 Å². The molecule has 0 aliphatic heterocycles. The summed E-state index contributed by atoms with van der Waals surface area (Å²) in [6, 6.07) is 4.98. The summed E-state index contributed by atoms with van der Waals surface area (Å²) in [5.74, 6) is 0.403. The van der Waals surface area contributed by atoms with E-state index in [1.165, 1.54) is 0 Å². The number of pyridine rings is 1. The summed E-state index contributed by atoms with van der Waals surface area (Å²) in [7, 11) is 0. The molecule has 12 heteroatoms. The number of hydrogen-bond acceptors (Lipinski definition) is 9. The van der Waals surface area contributed by atoms with Gasteiger partial charge in [0.25, 0.3) is 5.91 Å². The fourth-order valence-corrected chi connectivity index (χ4v) is 1.89. The summed E-state index contributed by atoms with van der Waals surface area (Å²) in [4.78, 5) is 18.3. The van der Waals surface area contributed by atoms with E-state index < -0.39 is 0 Å². The SMILES string of the molecule is [N-]=[N+]=NCCOCCOCCOCCOCCOCC(=O)Nc1cccc(N)n1. The zero-order chi connectivity index (χ0) is 21.0. The standard InChI is InChI=1S/C17H28N6O6/c18-15-2-1-3-16(21-15)22-17(24)14-29-13-12-28-11-10-27-9-8-26-7-6-25-5-4-20-23-19/h1-3H,4-14H2,(H3,18,21,22,24). The number of ether oxygens (including phenoxy) is 5. The number of nitrogens with two attached hydrogens (primary N) is 1. The van der Waals surface area contributed by atoms with Gasteiger partial charge in [0.05, 0.1) is 59.5 Å². The number of rotatable bonds is 18. The fourth-order valence-electron chi connectivity index (χ4n) is 1.89. The molecule has 3 N–H and O–H groups in total. The van der Waals surface area contributed by atoms with Crippen molar-refractivity contribution in [2.45, 2.75) is 0 Å². The van der Waals surface area contributed by atoms with Gasteiger partial charge in [0, 0.05) is 11.5 Å². The van der Waals surface area contributed by atoms with Gasteiger partial charge in [0.2, 0.25) is 0 Å². The van der Waals surface area contributed by atoms with Crippen LogP contribution >= 0.6 is 0 Å². The van der Waals surface area contributed by atoms with Crippen LogP contribution in [0, 0.1) is 0 Å². The Bertz CT molecular complexity index is 614.